The van der Waals surface area contributed by atoms with Gasteiger partial charge < -0.3 is 0 Å². The van der Waals surface area contributed by atoms with Crippen LogP contribution >= 0.6 is 11.6 Å². The Balaban J connectivity index is 2.36. The van der Waals surface area contributed by atoms with Gasteiger partial charge in [-0.25, -0.2) is 0 Å². The van der Waals surface area contributed by atoms with Crippen molar-refractivity contribution in [2.45, 2.75) is 77.6 Å². The van der Waals surface area contributed by atoms with Crippen molar-refractivity contribution in [2.75, 3.05) is 5.88 Å². The van der Waals surface area contributed by atoms with E-state index >= 15 is 0 Å². The highest BCUT2D eigenvalue weighted by Gasteiger charge is 2.16. The molecule has 1 aliphatic carbocycles. The molecular weight excluding hydrogens is 228 g/mol. The third kappa shape index (κ3) is 6.50. The maximum atomic E-state index is 5.82. The van der Waals surface area contributed by atoms with Crippen LogP contribution in [0.1, 0.15) is 77.6 Å². The second kappa shape index (κ2) is 10.00. The average molecular weight is 257 g/mol. The fourth-order valence-corrected chi connectivity index (χ4v) is 3.05. The molecule has 0 radical (unpaired) electrons. The average Bonchev–Trinajstić information content (AvgIpc) is 2.39. The predicted molar refractivity (Wildman–Crippen MR) is 78.8 cm³/mol. The Morgan fingerprint density at radius 1 is 1.12 bits per heavy atom. The summed E-state index contributed by atoms with van der Waals surface area (Å²) >= 11 is 5.82. The summed E-state index contributed by atoms with van der Waals surface area (Å²) in [6.45, 7) is 2.28. The third-order valence-corrected chi connectivity index (χ3v) is 4.18. The van der Waals surface area contributed by atoms with Crippen molar-refractivity contribution in [2.24, 2.45) is 5.92 Å². The lowest BCUT2D eigenvalue weighted by molar-refractivity contribution is 0.391. The Kier molecular flexibility index (Phi) is 8.88. The summed E-state index contributed by atoms with van der Waals surface area (Å²) in [5, 5.41) is 0. The molecule has 0 atom stereocenters. The Hall–Kier alpha value is 0.0300. The number of halogens is 1. The molecule has 17 heavy (non-hydrogen) atoms. The van der Waals surface area contributed by atoms with Gasteiger partial charge in [-0.3, -0.25) is 0 Å². The second-order valence-corrected chi connectivity index (χ2v) is 5.78. The highest BCUT2D eigenvalue weighted by atomic mass is 35.5. The Morgan fingerprint density at radius 2 is 1.88 bits per heavy atom. The van der Waals surface area contributed by atoms with E-state index in [4.69, 9.17) is 11.6 Å². The molecule has 0 unspecified atom stereocenters. The molecule has 1 rings (SSSR count). The van der Waals surface area contributed by atoms with Crippen LogP contribution in [0.25, 0.3) is 0 Å². The molecule has 0 aromatic carbocycles. The normalized spacial score (nSPS) is 18.6. The van der Waals surface area contributed by atoms with Gasteiger partial charge >= 0.3 is 0 Å². The first-order valence-corrected chi connectivity index (χ1v) is 8.16. The number of hydrogen-bond donors (Lipinski definition) is 0. The van der Waals surface area contributed by atoms with Crippen LogP contribution in [0.3, 0.4) is 0 Å². The first kappa shape index (κ1) is 15.1. The SMILES string of the molecule is CCCCCCC(=CCCCl)C1CCCCC1. The summed E-state index contributed by atoms with van der Waals surface area (Å²) in [7, 11) is 0. The lowest BCUT2D eigenvalue weighted by Crippen LogP contribution is -2.09. The highest BCUT2D eigenvalue weighted by Crippen LogP contribution is 2.32. The quantitative estimate of drug-likeness (QED) is 0.280. The van der Waals surface area contributed by atoms with E-state index < -0.39 is 0 Å². The molecule has 1 fully saturated rings. The molecule has 1 saturated carbocycles. The Labute approximate surface area is 113 Å². The van der Waals surface area contributed by atoms with Gasteiger partial charge in [-0.05, 0) is 38.0 Å². The zero-order valence-electron chi connectivity index (χ0n) is 11.5. The third-order valence-electron chi connectivity index (χ3n) is 3.96. The van der Waals surface area contributed by atoms with Crippen LogP contribution in [0, 0.1) is 5.92 Å². The smallest absolute Gasteiger partial charge is 0.0258 e. The fraction of sp³-hybridized carbons (Fsp3) is 0.875. The molecule has 0 aromatic rings. The van der Waals surface area contributed by atoms with Crippen molar-refractivity contribution in [3.63, 3.8) is 0 Å². The first-order valence-electron chi connectivity index (χ1n) is 7.63. The van der Waals surface area contributed by atoms with E-state index in [0.29, 0.717) is 0 Å². The van der Waals surface area contributed by atoms with E-state index in [9.17, 15) is 0 Å². The molecule has 0 spiro atoms. The van der Waals surface area contributed by atoms with Gasteiger partial charge in [0.1, 0.15) is 0 Å². The molecule has 0 aliphatic heterocycles. The predicted octanol–water partition coefficient (Wildman–Crippen LogP) is 6.09. The minimum absolute atomic E-state index is 0.783. The molecule has 0 saturated heterocycles. The van der Waals surface area contributed by atoms with Crippen molar-refractivity contribution < 1.29 is 0 Å². The summed E-state index contributed by atoms with van der Waals surface area (Å²) < 4.78 is 0. The second-order valence-electron chi connectivity index (χ2n) is 5.40. The van der Waals surface area contributed by atoms with Gasteiger partial charge in [0.2, 0.25) is 0 Å². The van der Waals surface area contributed by atoms with Crippen LogP contribution in [0.4, 0.5) is 0 Å². The van der Waals surface area contributed by atoms with Gasteiger partial charge in [0.05, 0.1) is 0 Å². The Morgan fingerprint density at radius 3 is 2.53 bits per heavy atom. The Bertz CT molecular complexity index is 202. The van der Waals surface area contributed by atoms with Gasteiger partial charge in [-0.1, -0.05) is 57.1 Å². The van der Waals surface area contributed by atoms with E-state index in [1.807, 2.05) is 0 Å². The molecule has 100 valence electrons. The van der Waals surface area contributed by atoms with Gasteiger partial charge in [0.15, 0.2) is 0 Å². The lowest BCUT2D eigenvalue weighted by atomic mass is 9.81. The maximum Gasteiger partial charge on any atom is 0.0258 e. The number of hydrogen-bond acceptors (Lipinski definition) is 0. The van der Waals surface area contributed by atoms with Crippen molar-refractivity contribution in [3.05, 3.63) is 11.6 Å². The van der Waals surface area contributed by atoms with Gasteiger partial charge in [0.25, 0.3) is 0 Å². The minimum atomic E-state index is 0.783. The van der Waals surface area contributed by atoms with E-state index in [1.54, 1.807) is 5.57 Å². The van der Waals surface area contributed by atoms with Crippen LogP contribution in [0.15, 0.2) is 11.6 Å². The topological polar surface area (TPSA) is 0 Å². The van der Waals surface area contributed by atoms with Crippen molar-refractivity contribution in [3.8, 4) is 0 Å². The molecule has 0 aromatic heterocycles. The van der Waals surface area contributed by atoms with Crippen molar-refractivity contribution >= 4 is 11.6 Å². The zero-order valence-corrected chi connectivity index (χ0v) is 12.3. The monoisotopic (exact) mass is 256 g/mol. The van der Waals surface area contributed by atoms with Crippen LogP contribution in [0.5, 0.6) is 0 Å². The van der Waals surface area contributed by atoms with E-state index in [-0.39, 0.29) is 0 Å². The fourth-order valence-electron chi connectivity index (χ4n) is 2.94. The van der Waals surface area contributed by atoms with E-state index in [1.165, 1.54) is 64.2 Å². The van der Waals surface area contributed by atoms with Crippen LogP contribution in [0.2, 0.25) is 0 Å². The molecular formula is C16H29Cl. The standard InChI is InChI=1S/C16H29Cl/c1-2-3-4-6-10-16(13-9-14-17)15-11-7-5-8-12-15/h13,15H,2-12,14H2,1H3. The van der Waals surface area contributed by atoms with Crippen LogP contribution in [-0.4, -0.2) is 5.88 Å². The molecule has 0 bridgehead atoms. The van der Waals surface area contributed by atoms with Gasteiger partial charge in [-0.2, -0.15) is 0 Å². The summed E-state index contributed by atoms with van der Waals surface area (Å²) in [5.41, 5.74) is 1.74. The minimum Gasteiger partial charge on any atom is -0.126 e. The van der Waals surface area contributed by atoms with E-state index in [2.05, 4.69) is 13.0 Å². The summed E-state index contributed by atoms with van der Waals surface area (Å²) in [5.74, 6) is 1.68. The number of unbranched alkanes of at least 4 members (excludes halogenated alkanes) is 3. The highest BCUT2D eigenvalue weighted by molar-refractivity contribution is 6.17. The number of alkyl halides is 1. The number of allylic oxidation sites excluding steroid dienone is 2. The molecule has 0 amide bonds. The first-order chi connectivity index (χ1) is 8.38. The summed E-state index contributed by atoms with van der Waals surface area (Å²) in [6, 6.07) is 0. The number of rotatable bonds is 8. The molecule has 0 N–H and O–H groups in total. The molecule has 1 heteroatoms. The largest absolute Gasteiger partial charge is 0.126 e. The molecule has 0 heterocycles. The van der Waals surface area contributed by atoms with Crippen LogP contribution in [-0.2, 0) is 0 Å². The lowest BCUT2D eigenvalue weighted by Gasteiger charge is -2.25. The zero-order chi connectivity index (χ0) is 12.3. The molecule has 1 aliphatic rings. The van der Waals surface area contributed by atoms with Crippen molar-refractivity contribution in [1.29, 1.82) is 0 Å². The maximum absolute atomic E-state index is 5.82. The van der Waals surface area contributed by atoms with Crippen molar-refractivity contribution in [1.82, 2.24) is 0 Å². The molecule has 0 nitrogen and oxygen atoms in total. The van der Waals surface area contributed by atoms with E-state index in [0.717, 1.165) is 18.2 Å². The van der Waals surface area contributed by atoms with Gasteiger partial charge in [-0.15, -0.1) is 11.6 Å². The summed E-state index contributed by atoms with van der Waals surface area (Å²) in [6.07, 6.45) is 17.6. The summed E-state index contributed by atoms with van der Waals surface area (Å²) in [4.78, 5) is 0. The van der Waals surface area contributed by atoms with Crippen LogP contribution < -0.4 is 0 Å². The van der Waals surface area contributed by atoms with Gasteiger partial charge in [0, 0.05) is 5.88 Å².